The summed E-state index contributed by atoms with van der Waals surface area (Å²) in [5.41, 5.74) is 1.36. The molecule has 0 bridgehead atoms. The lowest BCUT2D eigenvalue weighted by molar-refractivity contribution is 0.0948. The van der Waals surface area contributed by atoms with Crippen LogP contribution in [-0.4, -0.2) is 37.1 Å². The number of nitrogens with zero attached hydrogens (tertiary/aromatic N) is 3. The third-order valence-electron chi connectivity index (χ3n) is 3.17. The van der Waals surface area contributed by atoms with Gasteiger partial charge < -0.3 is 15.0 Å². The van der Waals surface area contributed by atoms with Gasteiger partial charge in [0.05, 0.1) is 19.2 Å². The lowest BCUT2D eigenvalue weighted by Gasteiger charge is -2.13. The Bertz CT molecular complexity index is 719. The number of aryl methyl sites for hydroxylation is 1. The van der Waals surface area contributed by atoms with Crippen molar-refractivity contribution < 1.29 is 9.53 Å². The SMILES string of the molecule is COc1ccc(Br)c(C(=O)NCc2nc(C)cc(N(C)C)n2)c1. The fraction of sp³-hybridized carbons (Fsp3) is 0.312. The fourth-order valence-corrected chi connectivity index (χ4v) is 2.41. The number of ether oxygens (including phenoxy) is 1. The molecule has 7 heteroatoms. The lowest BCUT2D eigenvalue weighted by Crippen LogP contribution is -2.25. The number of hydrogen-bond acceptors (Lipinski definition) is 5. The Balaban J connectivity index is 2.13. The summed E-state index contributed by atoms with van der Waals surface area (Å²) < 4.78 is 5.85. The van der Waals surface area contributed by atoms with Crippen LogP contribution in [-0.2, 0) is 6.54 Å². The van der Waals surface area contributed by atoms with Crippen molar-refractivity contribution in [1.82, 2.24) is 15.3 Å². The van der Waals surface area contributed by atoms with Crippen LogP contribution in [0, 0.1) is 6.92 Å². The molecule has 0 fully saturated rings. The molecule has 0 aliphatic heterocycles. The molecule has 2 rings (SSSR count). The topological polar surface area (TPSA) is 67.3 Å². The first-order valence-corrected chi connectivity index (χ1v) is 7.83. The monoisotopic (exact) mass is 378 g/mol. The zero-order valence-electron chi connectivity index (χ0n) is 13.6. The van der Waals surface area contributed by atoms with Gasteiger partial charge in [0.2, 0.25) is 0 Å². The van der Waals surface area contributed by atoms with E-state index in [1.54, 1.807) is 25.3 Å². The van der Waals surface area contributed by atoms with Crippen LogP contribution in [0.3, 0.4) is 0 Å². The first-order chi connectivity index (χ1) is 10.9. The van der Waals surface area contributed by atoms with Crippen molar-refractivity contribution >= 4 is 27.7 Å². The maximum atomic E-state index is 12.3. The molecule has 1 aromatic carbocycles. The molecule has 0 radical (unpaired) electrons. The minimum Gasteiger partial charge on any atom is -0.497 e. The molecular weight excluding hydrogens is 360 g/mol. The first-order valence-electron chi connectivity index (χ1n) is 7.04. The van der Waals surface area contributed by atoms with E-state index in [-0.39, 0.29) is 12.5 Å². The second kappa shape index (κ2) is 7.41. The van der Waals surface area contributed by atoms with Gasteiger partial charge in [0.15, 0.2) is 0 Å². The molecule has 0 aliphatic rings. The molecule has 122 valence electrons. The summed E-state index contributed by atoms with van der Waals surface area (Å²) in [7, 11) is 5.39. The summed E-state index contributed by atoms with van der Waals surface area (Å²) in [6.07, 6.45) is 0. The molecule has 0 saturated carbocycles. The third kappa shape index (κ3) is 4.41. The molecule has 2 aromatic rings. The summed E-state index contributed by atoms with van der Waals surface area (Å²) in [6.45, 7) is 2.16. The van der Waals surface area contributed by atoms with Crippen molar-refractivity contribution in [2.24, 2.45) is 0 Å². The van der Waals surface area contributed by atoms with E-state index in [2.05, 4.69) is 31.2 Å². The second-order valence-corrected chi connectivity index (χ2v) is 6.06. The van der Waals surface area contributed by atoms with Crippen LogP contribution in [0.15, 0.2) is 28.7 Å². The molecule has 1 heterocycles. The van der Waals surface area contributed by atoms with E-state index in [4.69, 9.17) is 4.74 Å². The van der Waals surface area contributed by atoms with Gasteiger partial charge in [-0.2, -0.15) is 0 Å². The highest BCUT2D eigenvalue weighted by molar-refractivity contribution is 9.10. The van der Waals surface area contributed by atoms with Gasteiger partial charge in [-0.05, 0) is 41.1 Å². The Labute approximate surface area is 144 Å². The van der Waals surface area contributed by atoms with E-state index in [1.807, 2.05) is 32.0 Å². The molecule has 6 nitrogen and oxygen atoms in total. The number of aromatic nitrogens is 2. The van der Waals surface area contributed by atoms with E-state index in [9.17, 15) is 4.79 Å². The first kappa shape index (κ1) is 17.2. The van der Waals surface area contributed by atoms with Gasteiger partial charge in [-0.3, -0.25) is 4.79 Å². The van der Waals surface area contributed by atoms with Crippen molar-refractivity contribution in [3.8, 4) is 5.75 Å². The number of carbonyl (C=O) groups is 1. The molecule has 0 atom stereocenters. The summed E-state index contributed by atoms with van der Waals surface area (Å²) in [5.74, 6) is 1.79. The minimum absolute atomic E-state index is 0.215. The van der Waals surface area contributed by atoms with Crippen molar-refractivity contribution in [2.45, 2.75) is 13.5 Å². The second-order valence-electron chi connectivity index (χ2n) is 5.21. The quantitative estimate of drug-likeness (QED) is 0.865. The lowest BCUT2D eigenvalue weighted by atomic mass is 10.2. The molecule has 0 unspecified atom stereocenters. The number of hydrogen-bond donors (Lipinski definition) is 1. The number of halogens is 1. The predicted molar refractivity (Wildman–Crippen MR) is 93.0 cm³/mol. The van der Waals surface area contributed by atoms with Gasteiger partial charge in [0, 0.05) is 30.3 Å². The van der Waals surface area contributed by atoms with Crippen molar-refractivity contribution in [3.05, 3.63) is 45.8 Å². The maximum Gasteiger partial charge on any atom is 0.252 e. The minimum atomic E-state index is -0.215. The Kier molecular flexibility index (Phi) is 5.54. The summed E-state index contributed by atoms with van der Waals surface area (Å²) in [6, 6.07) is 7.14. The van der Waals surface area contributed by atoms with E-state index >= 15 is 0 Å². The van der Waals surface area contributed by atoms with Crippen LogP contribution in [0.5, 0.6) is 5.75 Å². The molecule has 0 spiro atoms. The van der Waals surface area contributed by atoms with Crippen LogP contribution >= 0.6 is 15.9 Å². The standard InChI is InChI=1S/C16H19BrN4O2/c1-10-7-15(21(2)3)20-14(19-10)9-18-16(22)12-8-11(23-4)5-6-13(12)17/h5-8H,9H2,1-4H3,(H,18,22). The summed E-state index contributed by atoms with van der Waals surface area (Å²) in [4.78, 5) is 23.0. The smallest absolute Gasteiger partial charge is 0.252 e. The zero-order chi connectivity index (χ0) is 17.0. The molecular formula is C16H19BrN4O2. The average Bonchev–Trinajstić information content (AvgIpc) is 2.52. The largest absolute Gasteiger partial charge is 0.497 e. The number of rotatable bonds is 5. The number of nitrogens with one attached hydrogen (secondary N) is 1. The van der Waals surface area contributed by atoms with Crippen LogP contribution < -0.4 is 15.0 Å². The maximum absolute atomic E-state index is 12.3. The van der Waals surface area contributed by atoms with Gasteiger partial charge >= 0.3 is 0 Å². The molecule has 1 aromatic heterocycles. The highest BCUT2D eigenvalue weighted by Gasteiger charge is 2.12. The molecule has 1 N–H and O–H groups in total. The highest BCUT2D eigenvalue weighted by atomic mass is 79.9. The van der Waals surface area contributed by atoms with Crippen LogP contribution in [0.25, 0.3) is 0 Å². The van der Waals surface area contributed by atoms with Gasteiger partial charge in [-0.15, -0.1) is 0 Å². The summed E-state index contributed by atoms with van der Waals surface area (Å²) >= 11 is 3.37. The average molecular weight is 379 g/mol. The number of amides is 1. The van der Waals surface area contributed by atoms with Gasteiger partial charge in [0.1, 0.15) is 17.4 Å². The molecule has 0 saturated heterocycles. The van der Waals surface area contributed by atoms with Crippen LogP contribution in [0.1, 0.15) is 21.9 Å². The normalized spacial score (nSPS) is 10.3. The van der Waals surface area contributed by atoms with Crippen molar-refractivity contribution in [1.29, 1.82) is 0 Å². The molecule has 23 heavy (non-hydrogen) atoms. The van der Waals surface area contributed by atoms with E-state index in [1.165, 1.54) is 0 Å². The predicted octanol–water partition coefficient (Wildman–Crippen LogP) is 2.55. The number of benzene rings is 1. The van der Waals surface area contributed by atoms with Gasteiger partial charge in [-0.25, -0.2) is 9.97 Å². The summed E-state index contributed by atoms with van der Waals surface area (Å²) in [5, 5.41) is 2.83. The highest BCUT2D eigenvalue weighted by Crippen LogP contribution is 2.22. The van der Waals surface area contributed by atoms with Gasteiger partial charge in [-0.1, -0.05) is 0 Å². The fourth-order valence-electron chi connectivity index (χ4n) is 1.98. The number of methoxy groups -OCH3 is 1. The number of anilines is 1. The van der Waals surface area contributed by atoms with Crippen molar-refractivity contribution in [3.63, 3.8) is 0 Å². The Morgan fingerprint density at radius 1 is 1.30 bits per heavy atom. The van der Waals surface area contributed by atoms with Crippen LogP contribution in [0.2, 0.25) is 0 Å². The third-order valence-corrected chi connectivity index (χ3v) is 3.86. The van der Waals surface area contributed by atoms with E-state index in [0.717, 1.165) is 11.5 Å². The van der Waals surface area contributed by atoms with Gasteiger partial charge in [0.25, 0.3) is 5.91 Å². The Morgan fingerprint density at radius 3 is 2.70 bits per heavy atom. The Morgan fingerprint density at radius 2 is 2.04 bits per heavy atom. The van der Waals surface area contributed by atoms with Crippen LogP contribution in [0.4, 0.5) is 5.82 Å². The van der Waals surface area contributed by atoms with E-state index < -0.39 is 0 Å². The molecule has 1 amide bonds. The molecule has 0 aliphatic carbocycles. The number of carbonyl (C=O) groups excluding carboxylic acids is 1. The Hall–Kier alpha value is -2.15. The zero-order valence-corrected chi connectivity index (χ0v) is 15.1. The van der Waals surface area contributed by atoms with Crippen molar-refractivity contribution in [2.75, 3.05) is 26.1 Å². The van der Waals surface area contributed by atoms with E-state index in [0.29, 0.717) is 21.6 Å².